The number of hydrogen-bond donors (Lipinski definition) is 1. The zero-order valence-electron chi connectivity index (χ0n) is 18.7. The SMILES string of the molecule is CC1=CC=CCC1(C(c1ccccc1)c1ccccc1)S(=O)(=O)N1CCC2CCNCC21. The molecule has 5 rings (SSSR count). The summed E-state index contributed by atoms with van der Waals surface area (Å²) in [6.45, 7) is 4.36. The van der Waals surface area contributed by atoms with Crippen molar-refractivity contribution >= 4 is 10.0 Å². The summed E-state index contributed by atoms with van der Waals surface area (Å²) in [4.78, 5) is 0. The number of nitrogens with one attached hydrogen (secondary N) is 1. The molecule has 32 heavy (non-hydrogen) atoms. The van der Waals surface area contributed by atoms with Gasteiger partial charge in [-0.1, -0.05) is 78.9 Å². The molecule has 2 aromatic rings. The second kappa shape index (κ2) is 8.62. The van der Waals surface area contributed by atoms with Gasteiger partial charge in [-0.15, -0.1) is 0 Å². The zero-order valence-corrected chi connectivity index (χ0v) is 19.5. The van der Waals surface area contributed by atoms with E-state index in [1.807, 2.05) is 65.9 Å². The first-order chi connectivity index (χ1) is 15.6. The average Bonchev–Trinajstić information content (AvgIpc) is 3.27. The van der Waals surface area contributed by atoms with Crippen molar-refractivity contribution in [2.24, 2.45) is 5.92 Å². The monoisotopic (exact) mass is 448 g/mol. The van der Waals surface area contributed by atoms with Crippen LogP contribution in [0.5, 0.6) is 0 Å². The molecular formula is C27H32N2O2S. The van der Waals surface area contributed by atoms with Gasteiger partial charge in [0.15, 0.2) is 0 Å². The van der Waals surface area contributed by atoms with Crippen LogP contribution in [-0.4, -0.2) is 43.1 Å². The number of sulfonamides is 1. The number of nitrogens with zero attached hydrogens (tertiary/aromatic N) is 1. The predicted molar refractivity (Wildman–Crippen MR) is 130 cm³/mol. The first-order valence-corrected chi connectivity index (χ1v) is 13.2. The third-order valence-electron chi connectivity index (χ3n) is 7.75. The second-order valence-corrected chi connectivity index (χ2v) is 11.5. The Morgan fingerprint density at radius 3 is 2.28 bits per heavy atom. The summed E-state index contributed by atoms with van der Waals surface area (Å²) in [5.74, 6) is 0.171. The van der Waals surface area contributed by atoms with Gasteiger partial charge < -0.3 is 5.32 Å². The summed E-state index contributed by atoms with van der Waals surface area (Å²) < 4.78 is 30.4. The lowest BCUT2D eigenvalue weighted by atomic mass is 9.73. The predicted octanol–water partition coefficient (Wildman–Crippen LogP) is 4.48. The molecule has 3 aliphatic rings. The molecule has 0 bridgehead atoms. The summed E-state index contributed by atoms with van der Waals surface area (Å²) in [6.07, 6.45) is 8.54. The van der Waals surface area contributed by atoms with E-state index >= 15 is 0 Å². The van der Waals surface area contributed by atoms with Gasteiger partial charge in [-0.25, -0.2) is 8.42 Å². The Balaban J connectivity index is 1.71. The van der Waals surface area contributed by atoms with E-state index in [2.05, 4.69) is 29.6 Å². The lowest BCUT2D eigenvalue weighted by Gasteiger charge is -2.46. The molecule has 3 unspecified atom stereocenters. The Morgan fingerprint density at radius 1 is 1.00 bits per heavy atom. The van der Waals surface area contributed by atoms with Crippen LogP contribution in [0.25, 0.3) is 0 Å². The van der Waals surface area contributed by atoms with Crippen molar-refractivity contribution in [2.75, 3.05) is 19.6 Å². The topological polar surface area (TPSA) is 49.4 Å². The van der Waals surface area contributed by atoms with Crippen molar-refractivity contribution in [3.63, 3.8) is 0 Å². The summed E-state index contributed by atoms with van der Waals surface area (Å²) in [7, 11) is -3.66. The van der Waals surface area contributed by atoms with Crippen LogP contribution in [-0.2, 0) is 10.0 Å². The highest BCUT2D eigenvalue weighted by atomic mass is 32.2. The molecule has 2 aliphatic heterocycles. The van der Waals surface area contributed by atoms with Crippen LogP contribution in [0, 0.1) is 5.92 Å². The number of benzene rings is 2. The van der Waals surface area contributed by atoms with Crippen molar-refractivity contribution in [1.82, 2.24) is 9.62 Å². The van der Waals surface area contributed by atoms with E-state index in [9.17, 15) is 8.42 Å². The van der Waals surface area contributed by atoms with E-state index in [1.165, 1.54) is 0 Å². The fourth-order valence-electron chi connectivity index (χ4n) is 6.12. The Bertz CT molecular complexity index is 1070. The van der Waals surface area contributed by atoms with E-state index in [-0.39, 0.29) is 12.0 Å². The summed E-state index contributed by atoms with van der Waals surface area (Å²) in [5, 5.41) is 3.44. The molecule has 1 N–H and O–H groups in total. The normalized spacial score (nSPS) is 28.5. The maximum absolute atomic E-state index is 14.8. The molecule has 3 atom stereocenters. The Morgan fingerprint density at radius 2 is 1.66 bits per heavy atom. The molecule has 1 aliphatic carbocycles. The fraction of sp³-hybridized carbons (Fsp3) is 0.407. The largest absolute Gasteiger partial charge is 0.315 e. The van der Waals surface area contributed by atoms with Crippen molar-refractivity contribution < 1.29 is 8.42 Å². The fourth-order valence-corrected chi connectivity index (χ4v) is 8.84. The van der Waals surface area contributed by atoms with Gasteiger partial charge in [0.2, 0.25) is 10.0 Å². The van der Waals surface area contributed by atoms with Gasteiger partial charge in [0.25, 0.3) is 0 Å². The molecule has 0 radical (unpaired) electrons. The standard InChI is InChI=1S/C27H32N2O2S/c1-21-10-8-9-17-27(21,32(30,31)29-19-16-22-15-18-28-20-25(22)29)26(23-11-4-2-5-12-23)24-13-6-3-7-14-24/h2-14,22,25-26,28H,15-20H2,1H3. The van der Waals surface area contributed by atoms with Gasteiger partial charge >= 0.3 is 0 Å². The molecular weight excluding hydrogens is 416 g/mol. The lowest BCUT2D eigenvalue weighted by molar-refractivity contribution is 0.269. The van der Waals surface area contributed by atoms with Gasteiger partial charge in [-0.2, -0.15) is 4.31 Å². The van der Waals surface area contributed by atoms with Crippen LogP contribution in [0.4, 0.5) is 0 Å². The van der Waals surface area contributed by atoms with Gasteiger partial charge in [0.1, 0.15) is 4.75 Å². The molecule has 2 aromatic carbocycles. The highest BCUT2D eigenvalue weighted by Gasteiger charge is 2.57. The maximum atomic E-state index is 14.8. The lowest BCUT2D eigenvalue weighted by Crippen LogP contribution is -2.57. The van der Waals surface area contributed by atoms with Crippen LogP contribution >= 0.6 is 0 Å². The van der Waals surface area contributed by atoms with Crippen molar-refractivity contribution in [3.8, 4) is 0 Å². The van der Waals surface area contributed by atoms with Crippen LogP contribution < -0.4 is 5.32 Å². The van der Waals surface area contributed by atoms with Crippen LogP contribution in [0.15, 0.2) is 84.5 Å². The molecule has 4 nitrogen and oxygen atoms in total. The molecule has 2 saturated heterocycles. The van der Waals surface area contributed by atoms with Gasteiger partial charge in [0.05, 0.1) is 0 Å². The Labute approximate surface area is 192 Å². The Hall–Kier alpha value is -2.21. The van der Waals surface area contributed by atoms with Crippen molar-refractivity contribution in [2.45, 2.75) is 42.9 Å². The molecule has 168 valence electrons. The van der Waals surface area contributed by atoms with E-state index in [4.69, 9.17) is 0 Å². The summed E-state index contributed by atoms with van der Waals surface area (Å²) >= 11 is 0. The Kier molecular flexibility index (Phi) is 5.82. The third kappa shape index (κ3) is 3.38. The highest BCUT2D eigenvalue weighted by molar-refractivity contribution is 7.90. The van der Waals surface area contributed by atoms with Crippen molar-refractivity contribution in [1.29, 1.82) is 0 Å². The van der Waals surface area contributed by atoms with Gasteiger partial charge in [-0.05, 0) is 55.3 Å². The zero-order chi connectivity index (χ0) is 22.2. The molecule has 2 fully saturated rings. The molecule has 0 saturated carbocycles. The number of fused-ring (bicyclic) bond motifs is 1. The minimum Gasteiger partial charge on any atom is -0.315 e. The number of hydrogen-bond acceptors (Lipinski definition) is 3. The molecule has 0 spiro atoms. The molecule has 0 amide bonds. The molecule has 2 heterocycles. The maximum Gasteiger partial charge on any atom is 0.225 e. The number of piperidine rings is 1. The summed E-state index contributed by atoms with van der Waals surface area (Å²) in [6, 6.07) is 20.4. The minimum absolute atomic E-state index is 0.0523. The number of allylic oxidation sites excluding steroid dienone is 3. The van der Waals surface area contributed by atoms with E-state index in [0.717, 1.165) is 42.6 Å². The summed E-state index contributed by atoms with van der Waals surface area (Å²) in [5.41, 5.74) is 3.01. The van der Waals surface area contributed by atoms with E-state index < -0.39 is 14.8 Å². The average molecular weight is 449 g/mol. The highest BCUT2D eigenvalue weighted by Crippen LogP contribution is 2.51. The number of rotatable bonds is 5. The van der Waals surface area contributed by atoms with Crippen LogP contribution in [0.3, 0.4) is 0 Å². The molecule has 0 aromatic heterocycles. The second-order valence-electron chi connectivity index (χ2n) is 9.35. The third-order valence-corrected chi connectivity index (χ3v) is 10.5. The first-order valence-electron chi connectivity index (χ1n) is 11.7. The van der Waals surface area contributed by atoms with Gasteiger partial charge in [-0.3, -0.25) is 0 Å². The van der Waals surface area contributed by atoms with Gasteiger partial charge in [0, 0.05) is 25.0 Å². The first kappa shape index (κ1) is 21.6. The van der Waals surface area contributed by atoms with E-state index in [1.54, 1.807) is 0 Å². The van der Waals surface area contributed by atoms with Crippen molar-refractivity contribution in [3.05, 3.63) is 95.6 Å². The van der Waals surface area contributed by atoms with Crippen LogP contribution in [0.1, 0.15) is 43.2 Å². The van der Waals surface area contributed by atoms with E-state index in [0.29, 0.717) is 18.9 Å². The quantitative estimate of drug-likeness (QED) is 0.734. The minimum atomic E-state index is -3.66. The van der Waals surface area contributed by atoms with Crippen LogP contribution in [0.2, 0.25) is 0 Å². The molecule has 5 heteroatoms. The smallest absolute Gasteiger partial charge is 0.225 e.